The smallest absolute Gasteiger partial charge is 0.199 e. The van der Waals surface area contributed by atoms with Gasteiger partial charge in [0.15, 0.2) is 0 Å². The highest BCUT2D eigenvalue weighted by atomic mass is 19.4. The molecule has 0 bridgehead atoms. The average Bonchev–Trinajstić information content (AvgIpc) is 2.12. The lowest BCUT2D eigenvalue weighted by Gasteiger charge is -2.29. The standard InChI is InChI=1S/C5F10O/c6-1(2(7)8)3(9,10)4(11,16-15)5(12,13)14. The number of alkyl halides is 6. The zero-order chi connectivity index (χ0) is 13.4. The Kier molecular flexibility index (Phi) is 3.85. The van der Waals surface area contributed by atoms with Gasteiger partial charge in [-0.05, 0) is 4.53 Å². The first-order chi connectivity index (χ1) is 6.91. The predicted octanol–water partition coefficient (Wildman–Crippen LogP) is 3.83. The molecule has 0 rings (SSSR count). The SMILES string of the molecule is FOC(F)(C(F)(F)F)C(F)(F)C(F)=C(F)F. The Hall–Kier alpha value is -1.00. The van der Waals surface area contributed by atoms with Crippen molar-refractivity contribution >= 4 is 0 Å². The van der Waals surface area contributed by atoms with Gasteiger partial charge in [-0.25, -0.2) is 0 Å². The van der Waals surface area contributed by atoms with Gasteiger partial charge < -0.3 is 0 Å². The average molecular weight is 266 g/mol. The summed E-state index contributed by atoms with van der Waals surface area (Å²) in [6, 6.07) is 0. The van der Waals surface area contributed by atoms with Crippen LogP contribution in [0.2, 0.25) is 0 Å². The Morgan fingerprint density at radius 2 is 1.19 bits per heavy atom. The van der Waals surface area contributed by atoms with Crippen molar-refractivity contribution in [3.8, 4) is 0 Å². The minimum Gasteiger partial charge on any atom is -0.199 e. The van der Waals surface area contributed by atoms with Crippen LogP contribution in [0.5, 0.6) is 0 Å². The summed E-state index contributed by atoms with van der Waals surface area (Å²) in [4.78, 5) is 1.29. The maximum Gasteiger partial charge on any atom is 0.458 e. The largest absolute Gasteiger partial charge is 0.458 e. The molecular weight excluding hydrogens is 266 g/mol. The van der Waals surface area contributed by atoms with E-state index < -0.39 is 29.9 Å². The maximum absolute atomic E-state index is 12.3. The van der Waals surface area contributed by atoms with Gasteiger partial charge in [-0.15, -0.1) is 4.94 Å². The van der Waals surface area contributed by atoms with Crippen LogP contribution in [-0.2, 0) is 4.94 Å². The summed E-state index contributed by atoms with van der Waals surface area (Å²) in [5.41, 5.74) is 0. The number of rotatable bonds is 3. The lowest BCUT2D eigenvalue weighted by molar-refractivity contribution is -0.451. The van der Waals surface area contributed by atoms with Gasteiger partial charge in [0.25, 0.3) is 0 Å². The Balaban J connectivity index is 5.68. The zero-order valence-electron chi connectivity index (χ0n) is 6.69. The number of halogens is 10. The van der Waals surface area contributed by atoms with Crippen LogP contribution >= 0.6 is 0 Å². The Bertz CT molecular complexity index is 288. The van der Waals surface area contributed by atoms with Gasteiger partial charge in [0, 0.05) is 0 Å². The molecule has 1 unspecified atom stereocenters. The van der Waals surface area contributed by atoms with Crippen LogP contribution in [0.1, 0.15) is 0 Å². The van der Waals surface area contributed by atoms with E-state index in [0.717, 1.165) is 0 Å². The molecule has 1 atom stereocenters. The molecule has 0 fully saturated rings. The second kappa shape index (κ2) is 4.11. The van der Waals surface area contributed by atoms with Gasteiger partial charge in [-0.1, -0.05) is 0 Å². The van der Waals surface area contributed by atoms with Crippen molar-refractivity contribution in [3.05, 3.63) is 11.9 Å². The van der Waals surface area contributed by atoms with Crippen molar-refractivity contribution in [1.82, 2.24) is 0 Å². The molecule has 0 saturated carbocycles. The summed E-state index contributed by atoms with van der Waals surface area (Å²) >= 11 is 0. The van der Waals surface area contributed by atoms with E-state index in [2.05, 4.69) is 0 Å². The van der Waals surface area contributed by atoms with E-state index in [9.17, 15) is 44.0 Å². The van der Waals surface area contributed by atoms with Crippen LogP contribution in [0, 0.1) is 0 Å². The summed E-state index contributed by atoms with van der Waals surface area (Å²) in [5.74, 6) is -17.2. The third kappa shape index (κ3) is 2.08. The van der Waals surface area contributed by atoms with Crippen LogP contribution < -0.4 is 0 Å². The number of hydrogen-bond donors (Lipinski definition) is 0. The van der Waals surface area contributed by atoms with Crippen molar-refractivity contribution in [3.63, 3.8) is 0 Å². The first-order valence-electron chi connectivity index (χ1n) is 3.06. The second-order valence-electron chi connectivity index (χ2n) is 2.32. The fraction of sp³-hybridized carbons (Fsp3) is 0.600. The Labute approximate surface area is 80.2 Å². The molecule has 96 valence electrons. The van der Waals surface area contributed by atoms with E-state index >= 15 is 0 Å². The minimum atomic E-state index is -6.77. The molecule has 0 aliphatic carbocycles. The highest BCUT2D eigenvalue weighted by Gasteiger charge is 2.77. The van der Waals surface area contributed by atoms with Crippen molar-refractivity contribution < 1.29 is 49.0 Å². The first kappa shape index (κ1) is 15.0. The lowest BCUT2D eigenvalue weighted by Crippen LogP contribution is -2.56. The predicted molar refractivity (Wildman–Crippen MR) is 27.4 cm³/mol. The summed E-state index contributed by atoms with van der Waals surface area (Å²) in [5, 5.41) is 0. The van der Waals surface area contributed by atoms with E-state index in [1.807, 2.05) is 0 Å². The van der Waals surface area contributed by atoms with E-state index in [4.69, 9.17) is 0 Å². The van der Waals surface area contributed by atoms with E-state index in [1.165, 1.54) is 4.94 Å². The highest BCUT2D eigenvalue weighted by molar-refractivity contribution is 5.13. The molecule has 0 aromatic heterocycles. The van der Waals surface area contributed by atoms with E-state index in [0.29, 0.717) is 0 Å². The van der Waals surface area contributed by atoms with Crippen molar-refractivity contribution in [2.24, 2.45) is 0 Å². The summed E-state index contributed by atoms with van der Waals surface area (Å²) in [6.07, 6.45) is -10.7. The van der Waals surface area contributed by atoms with Crippen LogP contribution in [0.3, 0.4) is 0 Å². The van der Waals surface area contributed by atoms with Gasteiger partial charge in [0.05, 0.1) is 0 Å². The molecule has 11 heteroatoms. The molecule has 16 heavy (non-hydrogen) atoms. The summed E-state index contributed by atoms with van der Waals surface area (Å²) < 4.78 is 117. The molecule has 0 aliphatic rings. The molecule has 0 spiro atoms. The van der Waals surface area contributed by atoms with Crippen LogP contribution in [0.4, 0.5) is 44.0 Å². The molecule has 0 heterocycles. The van der Waals surface area contributed by atoms with Gasteiger partial charge in [-0.3, -0.25) is 0 Å². The first-order valence-corrected chi connectivity index (χ1v) is 3.06. The molecule has 1 nitrogen and oxygen atoms in total. The summed E-state index contributed by atoms with van der Waals surface area (Å²) in [7, 11) is 0. The lowest BCUT2D eigenvalue weighted by atomic mass is 10.1. The minimum absolute atomic E-state index is 1.29. The van der Waals surface area contributed by atoms with Gasteiger partial charge in [0.1, 0.15) is 0 Å². The monoisotopic (exact) mass is 266 g/mol. The van der Waals surface area contributed by atoms with Crippen molar-refractivity contribution in [1.29, 1.82) is 0 Å². The third-order valence-corrected chi connectivity index (χ3v) is 1.32. The van der Waals surface area contributed by atoms with Crippen molar-refractivity contribution in [2.75, 3.05) is 0 Å². The fourth-order valence-corrected chi connectivity index (χ4v) is 0.530. The van der Waals surface area contributed by atoms with Gasteiger partial charge in [-0.2, -0.15) is 39.5 Å². The molecule has 0 aliphatic heterocycles. The molecule has 0 saturated heterocycles. The van der Waals surface area contributed by atoms with Gasteiger partial charge in [0.2, 0.25) is 5.83 Å². The van der Waals surface area contributed by atoms with Crippen LogP contribution in [-0.4, -0.2) is 18.0 Å². The van der Waals surface area contributed by atoms with Crippen molar-refractivity contribution in [2.45, 2.75) is 18.0 Å². The van der Waals surface area contributed by atoms with Gasteiger partial charge >= 0.3 is 24.0 Å². The molecule has 0 N–H and O–H groups in total. The Morgan fingerprint density at radius 3 is 1.38 bits per heavy atom. The van der Waals surface area contributed by atoms with Crippen LogP contribution in [0.25, 0.3) is 0 Å². The normalized spacial score (nSPS) is 16.9. The zero-order valence-corrected chi connectivity index (χ0v) is 6.69. The fourth-order valence-electron chi connectivity index (χ4n) is 0.530. The molecule has 0 amide bonds. The van der Waals surface area contributed by atoms with E-state index in [-0.39, 0.29) is 0 Å². The highest BCUT2D eigenvalue weighted by Crippen LogP contribution is 2.50. The second-order valence-corrected chi connectivity index (χ2v) is 2.32. The molecule has 0 radical (unpaired) electrons. The molecule has 0 aromatic rings. The molecular formula is C5F10O. The Morgan fingerprint density at radius 1 is 0.812 bits per heavy atom. The summed E-state index contributed by atoms with van der Waals surface area (Å²) in [6.45, 7) is 0. The molecule has 0 aromatic carbocycles. The third-order valence-electron chi connectivity index (χ3n) is 1.32. The quantitative estimate of drug-likeness (QED) is 0.705. The number of hydrogen-bond acceptors (Lipinski definition) is 1. The topological polar surface area (TPSA) is 9.23 Å². The van der Waals surface area contributed by atoms with Crippen LogP contribution in [0.15, 0.2) is 11.9 Å². The maximum atomic E-state index is 12.3. The van der Waals surface area contributed by atoms with E-state index in [1.54, 1.807) is 0 Å².